The zero-order chi connectivity index (χ0) is 19.9. The van der Waals surface area contributed by atoms with E-state index in [0.717, 1.165) is 36.9 Å². The molecule has 7 heteroatoms. The molecule has 1 heterocycles. The highest BCUT2D eigenvalue weighted by Crippen LogP contribution is 2.27. The summed E-state index contributed by atoms with van der Waals surface area (Å²) >= 11 is 1.23. The second-order valence-corrected chi connectivity index (χ2v) is 7.33. The average molecular weight is 395 g/mol. The lowest BCUT2D eigenvalue weighted by molar-refractivity contribution is -0.113. The highest BCUT2D eigenvalue weighted by Gasteiger charge is 2.17. The number of benzene rings is 1. The highest BCUT2D eigenvalue weighted by molar-refractivity contribution is 8.00. The summed E-state index contributed by atoms with van der Waals surface area (Å²) in [6.45, 7) is 1.99. The third-order valence-corrected chi connectivity index (χ3v) is 5.41. The quantitative estimate of drug-likeness (QED) is 0.592. The van der Waals surface area contributed by atoms with Gasteiger partial charge in [-0.2, -0.15) is 5.26 Å². The number of esters is 1. The van der Waals surface area contributed by atoms with Gasteiger partial charge in [-0.15, -0.1) is 0 Å². The van der Waals surface area contributed by atoms with Crippen LogP contribution in [0.15, 0.2) is 35.4 Å². The fourth-order valence-corrected chi connectivity index (χ4v) is 3.88. The molecule has 3 rings (SSSR count). The van der Waals surface area contributed by atoms with E-state index in [1.54, 1.807) is 31.2 Å². The van der Waals surface area contributed by atoms with Gasteiger partial charge in [-0.25, -0.2) is 9.78 Å². The SMILES string of the molecule is CCOC(=O)c1ccccc1NC(=O)CSc1nc2c(cc1C#N)CCCC2. The molecule has 0 atom stereocenters. The maximum atomic E-state index is 12.4. The Morgan fingerprint density at radius 3 is 2.86 bits per heavy atom. The van der Waals surface area contributed by atoms with Crippen molar-refractivity contribution in [1.29, 1.82) is 5.26 Å². The van der Waals surface area contributed by atoms with Gasteiger partial charge in [0.15, 0.2) is 0 Å². The smallest absolute Gasteiger partial charge is 0.340 e. The summed E-state index contributed by atoms with van der Waals surface area (Å²) in [5.74, 6) is -0.656. The summed E-state index contributed by atoms with van der Waals surface area (Å²) in [5, 5.41) is 12.7. The predicted octanol–water partition coefficient (Wildman–Crippen LogP) is 3.74. The van der Waals surface area contributed by atoms with Gasteiger partial charge >= 0.3 is 5.97 Å². The molecule has 2 aromatic rings. The Labute approximate surface area is 168 Å². The summed E-state index contributed by atoms with van der Waals surface area (Å²) < 4.78 is 5.02. The number of para-hydroxylation sites is 1. The molecule has 1 N–H and O–H groups in total. The first kappa shape index (κ1) is 19.9. The van der Waals surface area contributed by atoms with Crippen LogP contribution in [0.4, 0.5) is 5.69 Å². The fraction of sp³-hybridized carbons (Fsp3) is 0.333. The fourth-order valence-electron chi connectivity index (χ4n) is 3.10. The second-order valence-electron chi connectivity index (χ2n) is 6.37. The maximum Gasteiger partial charge on any atom is 0.340 e. The van der Waals surface area contributed by atoms with Crippen molar-refractivity contribution in [3.63, 3.8) is 0 Å². The minimum Gasteiger partial charge on any atom is -0.462 e. The van der Waals surface area contributed by atoms with Crippen molar-refractivity contribution < 1.29 is 14.3 Å². The first-order valence-corrected chi connectivity index (χ1v) is 10.2. The van der Waals surface area contributed by atoms with Crippen LogP contribution in [0.2, 0.25) is 0 Å². The number of nitriles is 1. The topological polar surface area (TPSA) is 92.1 Å². The number of hydrogen-bond donors (Lipinski definition) is 1. The lowest BCUT2D eigenvalue weighted by Crippen LogP contribution is -2.17. The Kier molecular flexibility index (Phi) is 6.66. The van der Waals surface area contributed by atoms with Gasteiger partial charge in [-0.1, -0.05) is 23.9 Å². The number of carbonyl (C=O) groups is 2. The van der Waals surface area contributed by atoms with E-state index in [-0.39, 0.29) is 18.3 Å². The molecule has 0 aliphatic heterocycles. The van der Waals surface area contributed by atoms with Crippen LogP contribution >= 0.6 is 11.8 Å². The Morgan fingerprint density at radius 2 is 2.07 bits per heavy atom. The van der Waals surface area contributed by atoms with Gasteiger partial charge in [-0.05, 0) is 56.4 Å². The number of aromatic nitrogens is 1. The van der Waals surface area contributed by atoms with Crippen molar-refractivity contribution >= 4 is 29.3 Å². The molecule has 144 valence electrons. The number of anilines is 1. The standard InChI is InChI=1S/C21H21N3O3S/c1-2-27-21(26)16-8-4-6-10-18(16)23-19(25)13-28-20-15(12-22)11-14-7-3-5-9-17(14)24-20/h4,6,8,10-11H,2-3,5,7,9,13H2,1H3,(H,23,25). The Morgan fingerprint density at radius 1 is 1.29 bits per heavy atom. The van der Waals surface area contributed by atoms with Crippen molar-refractivity contribution in [2.24, 2.45) is 0 Å². The molecule has 0 unspecified atom stereocenters. The number of carbonyl (C=O) groups excluding carboxylic acids is 2. The first-order chi connectivity index (χ1) is 13.6. The predicted molar refractivity (Wildman–Crippen MR) is 107 cm³/mol. The number of pyridine rings is 1. The minimum absolute atomic E-state index is 0.0949. The van der Waals surface area contributed by atoms with Gasteiger partial charge in [-0.3, -0.25) is 4.79 Å². The number of nitrogens with one attached hydrogen (secondary N) is 1. The zero-order valence-corrected chi connectivity index (χ0v) is 16.5. The normalized spacial score (nSPS) is 12.6. The van der Waals surface area contributed by atoms with Crippen LogP contribution in [0.3, 0.4) is 0 Å². The Balaban J connectivity index is 1.69. The van der Waals surface area contributed by atoms with E-state index in [4.69, 9.17) is 4.74 Å². The van der Waals surface area contributed by atoms with E-state index in [2.05, 4.69) is 16.4 Å². The summed E-state index contributed by atoms with van der Waals surface area (Å²) in [5.41, 5.74) is 3.39. The molecule has 1 amide bonds. The van der Waals surface area contributed by atoms with Gasteiger partial charge in [0.05, 0.1) is 29.2 Å². The molecule has 1 aromatic carbocycles. The number of rotatable bonds is 6. The molecule has 0 fully saturated rings. The maximum absolute atomic E-state index is 12.4. The number of nitrogens with zero attached hydrogens (tertiary/aromatic N) is 2. The Bertz CT molecular complexity index is 937. The summed E-state index contributed by atoms with van der Waals surface area (Å²) in [4.78, 5) is 29.1. The molecular weight excluding hydrogens is 374 g/mol. The Hall–Kier alpha value is -2.85. The van der Waals surface area contributed by atoms with E-state index >= 15 is 0 Å². The number of aryl methyl sites for hydroxylation is 2. The molecule has 28 heavy (non-hydrogen) atoms. The van der Waals surface area contributed by atoms with Crippen LogP contribution in [-0.2, 0) is 22.4 Å². The summed E-state index contributed by atoms with van der Waals surface area (Å²) in [6.07, 6.45) is 4.08. The molecule has 0 saturated heterocycles. The number of fused-ring (bicyclic) bond motifs is 1. The molecule has 0 saturated carbocycles. The molecule has 6 nitrogen and oxygen atoms in total. The van der Waals surface area contributed by atoms with Gasteiger partial charge in [0, 0.05) is 5.69 Å². The van der Waals surface area contributed by atoms with Crippen LogP contribution in [0, 0.1) is 11.3 Å². The third-order valence-electron chi connectivity index (χ3n) is 4.42. The van der Waals surface area contributed by atoms with E-state index in [9.17, 15) is 14.9 Å². The van der Waals surface area contributed by atoms with Crippen LogP contribution in [0.1, 0.15) is 46.9 Å². The van der Waals surface area contributed by atoms with Crippen LogP contribution in [0.5, 0.6) is 0 Å². The molecule has 1 aliphatic carbocycles. The summed E-state index contributed by atoms with van der Waals surface area (Å²) in [6, 6.07) is 10.8. The molecule has 1 aliphatic rings. The summed E-state index contributed by atoms with van der Waals surface area (Å²) in [7, 11) is 0. The highest BCUT2D eigenvalue weighted by atomic mass is 32.2. The van der Waals surface area contributed by atoms with Gasteiger partial charge in [0.1, 0.15) is 11.1 Å². The molecule has 0 radical (unpaired) electrons. The van der Waals surface area contributed by atoms with Gasteiger partial charge < -0.3 is 10.1 Å². The van der Waals surface area contributed by atoms with Crippen LogP contribution in [0.25, 0.3) is 0 Å². The van der Waals surface area contributed by atoms with Crippen molar-refractivity contribution in [3.05, 3.63) is 52.7 Å². The first-order valence-electron chi connectivity index (χ1n) is 9.24. The molecular formula is C21H21N3O3S. The van der Waals surface area contributed by atoms with E-state index in [1.165, 1.54) is 11.8 Å². The molecule has 1 aromatic heterocycles. The molecule has 0 spiro atoms. The number of amides is 1. The van der Waals surface area contributed by atoms with Crippen molar-refractivity contribution in [2.75, 3.05) is 17.7 Å². The molecule has 0 bridgehead atoms. The average Bonchev–Trinajstić information content (AvgIpc) is 2.72. The lowest BCUT2D eigenvalue weighted by atomic mass is 9.95. The van der Waals surface area contributed by atoms with Crippen LogP contribution in [-0.4, -0.2) is 29.2 Å². The monoisotopic (exact) mass is 395 g/mol. The van der Waals surface area contributed by atoms with E-state index in [1.807, 2.05) is 6.07 Å². The second kappa shape index (κ2) is 9.38. The van der Waals surface area contributed by atoms with Crippen molar-refractivity contribution in [1.82, 2.24) is 4.98 Å². The minimum atomic E-state index is -0.478. The zero-order valence-electron chi connectivity index (χ0n) is 15.7. The van der Waals surface area contributed by atoms with Gasteiger partial charge in [0.2, 0.25) is 5.91 Å². The third kappa shape index (κ3) is 4.70. The van der Waals surface area contributed by atoms with Gasteiger partial charge in [0.25, 0.3) is 0 Å². The van der Waals surface area contributed by atoms with E-state index < -0.39 is 5.97 Å². The van der Waals surface area contributed by atoms with Crippen LogP contribution < -0.4 is 5.32 Å². The lowest BCUT2D eigenvalue weighted by Gasteiger charge is -2.16. The number of hydrogen-bond acceptors (Lipinski definition) is 6. The van der Waals surface area contributed by atoms with Crippen molar-refractivity contribution in [2.45, 2.75) is 37.6 Å². The number of ether oxygens (including phenoxy) is 1. The van der Waals surface area contributed by atoms with E-state index in [0.29, 0.717) is 21.8 Å². The number of thioether (sulfide) groups is 1. The largest absolute Gasteiger partial charge is 0.462 e. The van der Waals surface area contributed by atoms with Crippen molar-refractivity contribution in [3.8, 4) is 6.07 Å².